The molecule has 9 heteroatoms. The van der Waals surface area contributed by atoms with Crippen LogP contribution in [0.1, 0.15) is 206 Å². The Kier molecular flexibility index (Phi) is 36.1. The highest BCUT2D eigenvalue weighted by Gasteiger charge is 2.26. The number of hydrogen-bond acceptors (Lipinski definition) is 6. The molecule has 0 aliphatic carbocycles. The van der Waals surface area contributed by atoms with Crippen molar-refractivity contribution >= 4 is 13.8 Å². The minimum atomic E-state index is -4.26. The monoisotopic (exact) mass is 749 g/mol. The van der Waals surface area contributed by atoms with Crippen LogP contribution < -0.4 is 0 Å². The lowest BCUT2D eigenvalue weighted by Crippen LogP contribution is -2.37. The summed E-state index contributed by atoms with van der Waals surface area (Å²) in [4.78, 5) is 22.8. The Hall–Kier alpha value is -0.500. The molecule has 0 aliphatic heterocycles. The fourth-order valence-corrected chi connectivity index (χ4v) is 7.00. The van der Waals surface area contributed by atoms with Gasteiger partial charge in [-0.3, -0.25) is 13.8 Å². The van der Waals surface area contributed by atoms with Crippen LogP contribution in [0, 0.1) is 0 Å². The molecule has 0 heterocycles. The smallest absolute Gasteiger partial charge is 0.457 e. The van der Waals surface area contributed by atoms with Gasteiger partial charge in [0.2, 0.25) is 0 Å². The second kappa shape index (κ2) is 36.5. The highest BCUT2D eigenvalue weighted by Crippen LogP contribution is 2.43. The van der Waals surface area contributed by atoms with Gasteiger partial charge in [-0.05, 0) is 12.8 Å². The van der Waals surface area contributed by atoms with E-state index in [2.05, 4.69) is 13.8 Å². The van der Waals surface area contributed by atoms with Gasteiger partial charge in [0.1, 0.15) is 19.3 Å². The maximum atomic E-state index is 12.7. The number of phosphoric acid groups is 1. The van der Waals surface area contributed by atoms with Crippen molar-refractivity contribution in [1.29, 1.82) is 0 Å². The predicted octanol–water partition coefficient (Wildman–Crippen LogP) is 12.5. The number of rotatable bonds is 41. The van der Waals surface area contributed by atoms with Gasteiger partial charge in [0, 0.05) is 13.0 Å². The molecule has 8 nitrogen and oxygen atoms in total. The second-order valence-electron chi connectivity index (χ2n) is 16.1. The molecule has 0 aromatic heterocycles. The molecule has 0 radical (unpaired) electrons. The van der Waals surface area contributed by atoms with Crippen LogP contribution in [0.2, 0.25) is 0 Å². The fraction of sp³-hybridized carbons (Fsp3) is 0.976. The third kappa shape index (κ3) is 40.5. The molecule has 0 fully saturated rings. The van der Waals surface area contributed by atoms with Gasteiger partial charge in [0.25, 0.3) is 0 Å². The molecule has 0 rings (SSSR count). The van der Waals surface area contributed by atoms with E-state index in [1.807, 2.05) is 21.1 Å². The van der Waals surface area contributed by atoms with Crippen LogP contribution in [0.3, 0.4) is 0 Å². The first-order valence-electron chi connectivity index (χ1n) is 21.8. The summed E-state index contributed by atoms with van der Waals surface area (Å²) in [5.74, 6) is -0.308. The number of nitrogens with zero attached hydrogens (tertiary/aromatic N) is 1. The average molecular weight is 749 g/mol. The van der Waals surface area contributed by atoms with Crippen molar-refractivity contribution in [2.45, 2.75) is 213 Å². The summed E-state index contributed by atoms with van der Waals surface area (Å²) in [6.45, 7) is 5.67. The number of unbranched alkanes of at least 4 members (excludes halogenated alkanes) is 27. The van der Waals surface area contributed by atoms with Crippen molar-refractivity contribution in [3.8, 4) is 0 Å². The lowest BCUT2D eigenvalue weighted by molar-refractivity contribution is -0.870. The molecule has 2 atom stereocenters. The molecule has 0 bridgehead atoms. The topological polar surface area (TPSA) is 91.3 Å². The summed E-state index contributed by atoms with van der Waals surface area (Å²) >= 11 is 0. The van der Waals surface area contributed by atoms with Gasteiger partial charge < -0.3 is 18.9 Å². The van der Waals surface area contributed by atoms with Gasteiger partial charge in [-0.1, -0.05) is 187 Å². The van der Waals surface area contributed by atoms with Crippen molar-refractivity contribution in [3.05, 3.63) is 0 Å². The van der Waals surface area contributed by atoms with Crippen LogP contribution >= 0.6 is 7.82 Å². The molecule has 1 N–H and O–H groups in total. The zero-order valence-corrected chi connectivity index (χ0v) is 35.5. The summed E-state index contributed by atoms with van der Waals surface area (Å²) in [5.41, 5.74) is 0. The summed E-state index contributed by atoms with van der Waals surface area (Å²) in [6, 6.07) is 0. The Bertz CT molecular complexity index is 792. The molecule has 0 saturated carbocycles. The zero-order valence-electron chi connectivity index (χ0n) is 34.6. The van der Waals surface area contributed by atoms with E-state index >= 15 is 0 Å². The van der Waals surface area contributed by atoms with Crippen molar-refractivity contribution in [2.24, 2.45) is 0 Å². The zero-order chi connectivity index (χ0) is 37.7. The Morgan fingerprint density at radius 3 is 1.29 bits per heavy atom. The van der Waals surface area contributed by atoms with E-state index < -0.39 is 13.9 Å². The Balaban J connectivity index is 4.19. The number of hydrogen-bond donors (Lipinski definition) is 1. The quantitative estimate of drug-likeness (QED) is 0.0288. The van der Waals surface area contributed by atoms with Crippen molar-refractivity contribution in [2.75, 3.05) is 54.1 Å². The number of ether oxygens (including phenoxy) is 2. The normalized spacial score (nSPS) is 13.8. The van der Waals surface area contributed by atoms with E-state index in [0.717, 1.165) is 32.1 Å². The minimum absolute atomic E-state index is 0.0938. The van der Waals surface area contributed by atoms with Crippen molar-refractivity contribution in [1.82, 2.24) is 0 Å². The Morgan fingerprint density at radius 1 is 0.529 bits per heavy atom. The first kappa shape index (κ1) is 50.5. The van der Waals surface area contributed by atoms with Gasteiger partial charge in [-0.15, -0.1) is 0 Å². The second-order valence-corrected chi connectivity index (χ2v) is 17.5. The first-order valence-corrected chi connectivity index (χ1v) is 23.3. The summed E-state index contributed by atoms with van der Waals surface area (Å²) in [5, 5.41) is 0. The van der Waals surface area contributed by atoms with Gasteiger partial charge in [-0.25, -0.2) is 4.57 Å². The van der Waals surface area contributed by atoms with Crippen LogP contribution in [0.15, 0.2) is 0 Å². The standard InChI is InChI=1S/C42H86NO7P/c1-6-8-10-12-14-16-18-20-22-24-26-28-30-32-34-37-47-39-41(40-49-51(45,46)48-38-36-43(3,4)5)50-42(44)35-33-31-29-27-25-23-21-19-17-15-13-11-9-7-2/h41H,6-40H2,1-5H3/p+1/t41-/m1/s1. The van der Waals surface area contributed by atoms with E-state index in [1.54, 1.807) is 0 Å². The lowest BCUT2D eigenvalue weighted by atomic mass is 10.0. The largest absolute Gasteiger partial charge is 0.472 e. The SMILES string of the molecule is CCCCCCCCCCCCCCCCCOC[C@H](COP(=O)(O)OCC[N+](C)(C)C)OC(=O)CCCCCCCCCCCCCCCC. The van der Waals surface area contributed by atoms with E-state index in [9.17, 15) is 14.3 Å². The number of carbonyl (C=O) groups excluding carboxylic acids is 1. The summed E-state index contributed by atoms with van der Waals surface area (Å²) < 4.78 is 35.0. The van der Waals surface area contributed by atoms with Crippen molar-refractivity contribution < 1.29 is 37.3 Å². The van der Waals surface area contributed by atoms with E-state index in [0.29, 0.717) is 24.1 Å². The van der Waals surface area contributed by atoms with Gasteiger partial charge in [0.05, 0.1) is 34.4 Å². The maximum absolute atomic E-state index is 12.7. The fourth-order valence-electron chi connectivity index (χ4n) is 6.26. The third-order valence-corrected chi connectivity index (χ3v) is 10.7. The lowest BCUT2D eigenvalue weighted by Gasteiger charge is -2.24. The molecule has 0 aromatic rings. The summed E-state index contributed by atoms with van der Waals surface area (Å²) in [6.07, 6.45) is 36.9. The molecular formula is C42H87NO7P+. The van der Waals surface area contributed by atoms with E-state index in [-0.39, 0.29) is 25.8 Å². The Morgan fingerprint density at radius 2 is 0.902 bits per heavy atom. The van der Waals surface area contributed by atoms with Crippen LogP contribution in [-0.4, -0.2) is 75.6 Å². The first-order chi connectivity index (χ1) is 24.6. The van der Waals surface area contributed by atoms with Gasteiger partial charge in [-0.2, -0.15) is 0 Å². The van der Waals surface area contributed by atoms with Crippen LogP contribution in [0.5, 0.6) is 0 Å². The van der Waals surface area contributed by atoms with Gasteiger partial charge in [0.15, 0.2) is 0 Å². The van der Waals surface area contributed by atoms with Crippen LogP contribution in [0.25, 0.3) is 0 Å². The van der Waals surface area contributed by atoms with Crippen LogP contribution in [0.4, 0.5) is 0 Å². The molecule has 0 saturated heterocycles. The molecule has 0 amide bonds. The molecule has 0 aromatic carbocycles. The van der Waals surface area contributed by atoms with Crippen molar-refractivity contribution in [3.63, 3.8) is 0 Å². The predicted molar refractivity (Wildman–Crippen MR) is 215 cm³/mol. The average Bonchev–Trinajstić information content (AvgIpc) is 3.08. The molecule has 51 heavy (non-hydrogen) atoms. The summed E-state index contributed by atoms with van der Waals surface area (Å²) in [7, 11) is 1.68. The highest BCUT2D eigenvalue weighted by molar-refractivity contribution is 7.47. The number of quaternary nitrogens is 1. The molecular weight excluding hydrogens is 661 g/mol. The minimum Gasteiger partial charge on any atom is -0.457 e. The van der Waals surface area contributed by atoms with E-state index in [1.165, 1.54) is 154 Å². The van der Waals surface area contributed by atoms with E-state index in [4.69, 9.17) is 18.5 Å². The van der Waals surface area contributed by atoms with Gasteiger partial charge >= 0.3 is 13.8 Å². The number of phosphoric ester groups is 1. The number of likely N-dealkylation sites (N-methyl/N-ethyl adjacent to an activating group) is 1. The third-order valence-electron chi connectivity index (χ3n) is 9.67. The molecule has 1 unspecified atom stereocenters. The highest BCUT2D eigenvalue weighted by atomic mass is 31.2. The maximum Gasteiger partial charge on any atom is 0.472 e. The van der Waals surface area contributed by atoms with Crippen LogP contribution in [-0.2, 0) is 27.9 Å². The molecule has 0 aliphatic rings. The molecule has 0 spiro atoms. The molecule has 306 valence electrons. The number of esters is 1. The number of carbonyl (C=O) groups is 1. The Labute approximate surface area is 317 Å².